The summed E-state index contributed by atoms with van der Waals surface area (Å²) in [7, 11) is 0. The highest BCUT2D eigenvalue weighted by Crippen LogP contribution is 2.25. The van der Waals surface area contributed by atoms with E-state index in [9.17, 15) is 9.18 Å². The number of benzene rings is 1. The Morgan fingerprint density at radius 3 is 2.75 bits per heavy atom. The molecule has 2 atom stereocenters. The summed E-state index contributed by atoms with van der Waals surface area (Å²) in [5, 5.41) is 11.2. The average molecular weight is 276 g/mol. The van der Waals surface area contributed by atoms with E-state index in [4.69, 9.17) is 5.73 Å². The van der Waals surface area contributed by atoms with Crippen LogP contribution >= 0.6 is 0 Å². The first-order valence-electron chi connectivity index (χ1n) is 6.17. The summed E-state index contributed by atoms with van der Waals surface area (Å²) >= 11 is 0. The molecule has 7 nitrogen and oxygen atoms in total. The number of rotatable bonds is 4. The summed E-state index contributed by atoms with van der Waals surface area (Å²) in [4.78, 5) is 13.0. The number of hydrogen-bond acceptors (Lipinski definition) is 5. The molecule has 8 heteroatoms. The molecule has 2 N–H and O–H groups in total. The number of tetrazole rings is 1. The number of β-lactam (4-membered cyclic amide) rings is 1. The van der Waals surface area contributed by atoms with Gasteiger partial charge < -0.3 is 5.73 Å². The molecule has 3 rings (SSSR count). The zero-order valence-corrected chi connectivity index (χ0v) is 10.6. The Morgan fingerprint density at radius 2 is 2.05 bits per heavy atom. The molecule has 1 saturated heterocycles. The van der Waals surface area contributed by atoms with E-state index in [-0.39, 0.29) is 11.9 Å². The van der Waals surface area contributed by atoms with Crippen LogP contribution in [0.15, 0.2) is 30.3 Å². The lowest BCUT2D eigenvalue weighted by Crippen LogP contribution is -2.70. The van der Waals surface area contributed by atoms with Crippen LogP contribution in [0.3, 0.4) is 0 Å². The number of hydrogen-bond donors (Lipinski definition) is 1. The van der Waals surface area contributed by atoms with Crippen LogP contribution in [-0.2, 0) is 11.3 Å². The molecule has 1 aliphatic rings. The second kappa shape index (κ2) is 4.97. The number of carbonyl (C=O) groups is 1. The predicted octanol–water partition coefficient (Wildman–Crippen LogP) is -0.267. The maximum atomic E-state index is 12.9. The van der Waals surface area contributed by atoms with Gasteiger partial charge in [-0.15, -0.1) is 0 Å². The predicted molar refractivity (Wildman–Crippen MR) is 68.6 cm³/mol. The minimum Gasteiger partial charge on any atom is -0.318 e. The van der Waals surface area contributed by atoms with Gasteiger partial charge in [0.15, 0.2) is 0 Å². The monoisotopic (exact) mass is 276 g/mol. The highest BCUT2D eigenvalue weighted by molar-refractivity contribution is 6.04. The number of nitrogens with two attached hydrogens (primary N) is 1. The third kappa shape index (κ3) is 1.94. The fraction of sp³-hybridized carbons (Fsp3) is 0.333. The highest BCUT2D eigenvalue weighted by Gasteiger charge is 2.48. The molecule has 0 saturated carbocycles. The van der Waals surface area contributed by atoms with Gasteiger partial charge in [0.05, 0.1) is 12.6 Å². The minimum absolute atomic E-state index is 0.225. The van der Waals surface area contributed by atoms with Gasteiger partial charge in [0.1, 0.15) is 12.7 Å². The van der Waals surface area contributed by atoms with Gasteiger partial charge in [-0.05, 0) is 16.0 Å². The first-order valence-corrected chi connectivity index (χ1v) is 6.17. The summed E-state index contributed by atoms with van der Waals surface area (Å²) in [6, 6.07) is 8.03. The zero-order chi connectivity index (χ0) is 14.1. The average Bonchev–Trinajstić information content (AvgIpc) is 2.92. The lowest BCUT2D eigenvalue weighted by molar-refractivity contribution is -0.126. The van der Waals surface area contributed by atoms with Crippen molar-refractivity contribution in [2.45, 2.75) is 18.6 Å². The van der Waals surface area contributed by atoms with Crippen molar-refractivity contribution in [1.29, 1.82) is 0 Å². The molecule has 1 amide bonds. The van der Waals surface area contributed by atoms with E-state index in [1.165, 1.54) is 9.58 Å². The van der Waals surface area contributed by atoms with Gasteiger partial charge in [0, 0.05) is 0 Å². The summed E-state index contributed by atoms with van der Waals surface area (Å²) in [6.07, 6.45) is 0. The summed E-state index contributed by atoms with van der Waals surface area (Å²) in [5.41, 5.74) is 6.55. The minimum atomic E-state index is -0.818. The van der Waals surface area contributed by atoms with Crippen LogP contribution in [0.1, 0.15) is 5.56 Å². The van der Waals surface area contributed by atoms with E-state index >= 15 is 0 Å². The Kier molecular flexibility index (Phi) is 3.15. The van der Waals surface area contributed by atoms with E-state index in [1.807, 2.05) is 30.3 Å². The maximum absolute atomic E-state index is 12.9. The van der Waals surface area contributed by atoms with Gasteiger partial charge in [-0.2, -0.15) is 0 Å². The molecular formula is C12H13FN6O. The van der Waals surface area contributed by atoms with Crippen molar-refractivity contribution in [3.63, 3.8) is 0 Å². The Hall–Kier alpha value is -2.35. The molecule has 0 radical (unpaired) electrons. The summed E-state index contributed by atoms with van der Waals surface area (Å²) < 4.78 is 14.4. The zero-order valence-electron chi connectivity index (χ0n) is 10.6. The molecule has 104 valence electrons. The quantitative estimate of drug-likeness (QED) is 0.777. The number of amides is 1. The molecule has 2 heterocycles. The smallest absolute Gasteiger partial charge is 0.253 e. The van der Waals surface area contributed by atoms with Gasteiger partial charge in [0.2, 0.25) is 5.91 Å². The van der Waals surface area contributed by atoms with Gasteiger partial charge in [-0.3, -0.25) is 9.69 Å². The van der Waals surface area contributed by atoms with Crippen molar-refractivity contribution in [3.05, 3.63) is 35.9 Å². The third-order valence-corrected chi connectivity index (χ3v) is 3.33. The van der Waals surface area contributed by atoms with Gasteiger partial charge in [-0.1, -0.05) is 35.4 Å². The Morgan fingerprint density at radius 1 is 1.30 bits per heavy atom. The second-order valence-electron chi connectivity index (χ2n) is 4.58. The van der Waals surface area contributed by atoms with E-state index in [0.717, 1.165) is 5.56 Å². The lowest BCUT2D eigenvalue weighted by Gasteiger charge is -2.42. The molecule has 0 aliphatic carbocycles. The van der Waals surface area contributed by atoms with Crippen molar-refractivity contribution in [2.75, 3.05) is 11.6 Å². The Labute approximate surface area is 114 Å². The normalized spacial score (nSPS) is 21.9. The fourth-order valence-electron chi connectivity index (χ4n) is 2.21. The third-order valence-electron chi connectivity index (χ3n) is 3.33. The van der Waals surface area contributed by atoms with E-state index in [0.29, 0.717) is 6.54 Å². The molecule has 0 spiro atoms. The number of alkyl halides is 1. The fourth-order valence-corrected chi connectivity index (χ4v) is 2.21. The first kappa shape index (κ1) is 12.7. The number of carbonyl (C=O) groups excluding carboxylic acids is 1. The molecule has 2 aromatic rings. The van der Waals surface area contributed by atoms with Crippen molar-refractivity contribution in [1.82, 2.24) is 20.2 Å². The molecule has 0 bridgehead atoms. The van der Waals surface area contributed by atoms with Crippen LogP contribution in [0.5, 0.6) is 0 Å². The SMILES string of the molecule is NC1C(=O)N(c2nnnn2Cc2ccccc2)C1CF. The largest absolute Gasteiger partial charge is 0.318 e. The Balaban J connectivity index is 1.86. The van der Waals surface area contributed by atoms with E-state index < -0.39 is 18.8 Å². The van der Waals surface area contributed by atoms with Crippen molar-refractivity contribution >= 4 is 11.9 Å². The van der Waals surface area contributed by atoms with Crippen molar-refractivity contribution in [2.24, 2.45) is 5.73 Å². The number of aromatic nitrogens is 4. The molecule has 1 aliphatic heterocycles. The van der Waals surface area contributed by atoms with E-state index in [2.05, 4.69) is 15.5 Å². The molecule has 20 heavy (non-hydrogen) atoms. The van der Waals surface area contributed by atoms with Gasteiger partial charge in [0.25, 0.3) is 5.95 Å². The van der Waals surface area contributed by atoms with Crippen LogP contribution in [0, 0.1) is 0 Å². The van der Waals surface area contributed by atoms with Crippen molar-refractivity contribution in [3.8, 4) is 0 Å². The second-order valence-corrected chi connectivity index (χ2v) is 4.58. The van der Waals surface area contributed by atoms with Crippen LogP contribution in [0.4, 0.5) is 10.3 Å². The number of anilines is 1. The Bertz CT molecular complexity index is 615. The van der Waals surface area contributed by atoms with Crippen LogP contribution in [0.2, 0.25) is 0 Å². The number of nitrogens with zero attached hydrogens (tertiary/aromatic N) is 5. The molecule has 1 aromatic carbocycles. The van der Waals surface area contributed by atoms with Crippen LogP contribution < -0.4 is 10.6 Å². The molecule has 1 aromatic heterocycles. The van der Waals surface area contributed by atoms with Gasteiger partial charge >= 0.3 is 0 Å². The maximum Gasteiger partial charge on any atom is 0.253 e. The van der Waals surface area contributed by atoms with Crippen LogP contribution in [-0.4, -0.2) is 44.9 Å². The molecular weight excluding hydrogens is 263 g/mol. The lowest BCUT2D eigenvalue weighted by atomic mass is 9.98. The molecule has 1 fully saturated rings. The summed E-state index contributed by atoms with van der Waals surface area (Å²) in [6.45, 7) is -0.313. The number of halogens is 1. The van der Waals surface area contributed by atoms with Crippen molar-refractivity contribution < 1.29 is 9.18 Å². The van der Waals surface area contributed by atoms with Crippen LogP contribution in [0.25, 0.3) is 0 Å². The summed E-state index contributed by atoms with van der Waals surface area (Å²) in [5.74, 6) is -0.139. The highest BCUT2D eigenvalue weighted by atomic mass is 19.1. The van der Waals surface area contributed by atoms with E-state index in [1.54, 1.807) is 0 Å². The topological polar surface area (TPSA) is 89.9 Å². The molecule has 2 unspecified atom stereocenters. The first-order chi connectivity index (χ1) is 9.72. The standard InChI is InChI=1S/C12H13FN6O/c13-6-9-10(14)11(20)19(9)12-15-16-17-18(12)7-8-4-2-1-3-5-8/h1-5,9-10H,6-7,14H2. The van der Waals surface area contributed by atoms with Gasteiger partial charge in [-0.25, -0.2) is 9.07 Å².